The molecule has 2 fully saturated rings. The Morgan fingerprint density at radius 1 is 1.39 bits per heavy atom. The molecule has 11 heteroatoms. The number of thiocarbonyl (C=S) groups is 1. The zero-order valence-corrected chi connectivity index (χ0v) is 14.2. The Morgan fingerprint density at radius 2 is 2.13 bits per heavy atom. The molecule has 0 saturated carbocycles. The van der Waals surface area contributed by atoms with E-state index >= 15 is 0 Å². The van der Waals surface area contributed by atoms with Crippen molar-refractivity contribution in [2.45, 2.75) is 6.42 Å². The van der Waals surface area contributed by atoms with E-state index < -0.39 is 18.4 Å². The van der Waals surface area contributed by atoms with Gasteiger partial charge in [0.2, 0.25) is 5.91 Å². The molecule has 2 rings (SSSR count). The summed E-state index contributed by atoms with van der Waals surface area (Å²) in [4.78, 5) is 47.9. The normalized spacial score (nSPS) is 21.3. The molecule has 0 radical (unpaired) electrons. The molecule has 0 atom stereocenters. The highest BCUT2D eigenvalue weighted by atomic mass is 32.2. The van der Waals surface area contributed by atoms with Gasteiger partial charge in [-0.3, -0.25) is 24.1 Å². The highest BCUT2D eigenvalue weighted by molar-refractivity contribution is 8.27. The molecule has 0 bridgehead atoms. The summed E-state index contributed by atoms with van der Waals surface area (Å²) in [6, 6.07) is 0. The minimum Gasteiger partial charge on any atom is -0.480 e. The molecule has 1 N–H and O–H groups in total. The smallest absolute Gasteiger partial charge is 0.323 e. The van der Waals surface area contributed by atoms with E-state index in [9.17, 15) is 19.2 Å². The largest absolute Gasteiger partial charge is 0.480 e. The van der Waals surface area contributed by atoms with Crippen molar-refractivity contribution in [1.82, 2.24) is 9.80 Å². The molecule has 124 valence electrons. The molecule has 2 aliphatic rings. The Morgan fingerprint density at radius 3 is 2.78 bits per heavy atom. The van der Waals surface area contributed by atoms with Crippen molar-refractivity contribution in [2.24, 2.45) is 0 Å². The quantitative estimate of drug-likeness (QED) is 0.289. The maximum absolute atomic E-state index is 12.3. The minimum atomic E-state index is -1.16. The fourth-order valence-corrected chi connectivity index (χ4v) is 4.48. The van der Waals surface area contributed by atoms with E-state index in [1.807, 2.05) is 0 Å². The van der Waals surface area contributed by atoms with Crippen molar-refractivity contribution in [3.63, 3.8) is 0 Å². The molecule has 0 unspecified atom stereocenters. The molecule has 2 amide bonds. The highest BCUT2D eigenvalue weighted by Crippen LogP contribution is 2.41. The van der Waals surface area contributed by atoms with Gasteiger partial charge in [-0.25, -0.2) is 0 Å². The Bertz CT molecular complexity index is 606. The molecule has 0 aliphatic carbocycles. The summed E-state index contributed by atoms with van der Waals surface area (Å²) in [6.45, 7) is 0.301. The highest BCUT2D eigenvalue weighted by Gasteiger charge is 2.40. The lowest BCUT2D eigenvalue weighted by Gasteiger charge is -2.18. The van der Waals surface area contributed by atoms with Gasteiger partial charge in [-0.05, 0) is 6.42 Å². The first kappa shape index (κ1) is 17.8. The summed E-state index contributed by atoms with van der Waals surface area (Å²) in [5, 5.41) is 9.31. The zero-order chi connectivity index (χ0) is 17.0. The van der Waals surface area contributed by atoms with Crippen LogP contribution < -0.4 is 0 Å². The van der Waals surface area contributed by atoms with Crippen molar-refractivity contribution in [3.05, 3.63) is 9.93 Å². The molecule has 8 nitrogen and oxygen atoms in total. The van der Waals surface area contributed by atoms with E-state index in [1.54, 1.807) is 0 Å². The Balaban J connectivity index is 2.16. The van der Waals surface area contributed by atoms with E-state index in [2.05, 4.69) is 4.74 Å². The van der Waals surface area contributed by atoms with Crippen LogP contribution in [0.5, 0.6) is 0 Å². The Labute approximate surface area is 145 Å². The Hall–Kier alpha value is -1.59. The van der Waals surface area contributed by atoms with E-state index in [0.29, 0.717) is 24.5 Å². The third-order valence-electron chi connectivity index (χ3n) is 2.93. The lowest BCUT2D eigenvalue weighted by atomic mass is 10.4. The van der Waals surface area contributed by atoms with Gasteiger partial charge in [-0.1, -0.05) is 35.7 Å². The first-order chi connectivity index (χ1) is 11.0. The van der Waals surface area contributed by atoms with Crippen LogP contribution in [0.15, 0.2) is 9.93 Å². The van der Waals surface area contributed by atoms with Gasteiger partial charge in [0.25, 0.3) is 12.4 Å². The van der Waals surface area contributed by atoms with Crippen LogP contribution in [0.3, 0.4) is 0 Å². The predicted molar refractivity (Wildman–Crippen MR) is 87.4 cm³/mol. The fourth-order valence-electron chi connectivity index (χ4n) is 1.97. The van der Waals surface area contributed by atoms with Crippen molar-refractivity contribution in [2.75, 3.05) is 25.4 Å². The van der Waals surface area contributed by atoms with Crippen LogP contribution >= 0.6 is 35.7 Å². The topological polar surface area (TPSA) is 104 Å². The van der Waals surface area contributed by atoms with Gasteiger partial charge in [-0.15, -0.1) is 0 Å². The first-order valence-corrected chi connectivity index (χ1v) is 8.65. The standard InChI is InChI=1S/C12H12N2O6S3/c15-6-20-3-1-2-13-7(16)5-22-11(13)9-10(19)14(4-8(17)18)12(21)23-9/h6H,1-5H2,(H,17,18)/b11-9+. The van der Waals surface area contributed by atoms with Gasteiger partial charge in [0.1, 0.15) is 15.8 Å². The lowest BCUT2D eigenvalue weighted by Crippen LogP contribution is -2.34. The molecular weight excluding hydrogens is 364 g/mol. The summed E-state index contributed by atoms with van der Waals surface area (Å²) in [5.74, 6) is -1.62. The maximum Gasteiger partial charge on any atom is 0.323 e. The van der Waals surface area contributed by atoms with Crippen LogP contribution in [-0.2, 0) is 23.9 Å². The number of carbonyl (C=O) groups excluding carboxylic acids is 3. The fraction of sp³-hybridized carbons (Fsp3) is 0.417. The molecule has 2 saturated heterocycles. The molecule has 2 heterocycles. The van der Waals surface area contributed by atoms with Crippen molar-refractivity contribution in [1.29, 1.82) is 0 Å². The summed E-state index contributed by atoms with van der Waals surface area (Å²) in [6.07, 6.45) is 0.434. The van der Waals surface area contributed by atoms with Gasteiger partial charge < -0.3 is 14.7 Å². The third-order valence-corrected chi connectivity index (χ3v) is 5.58. The van der Waals surface area contributed by atoms with E-state index in [4.69, 9.17) is 17.3 Å². The van der Waals surface area contributed by atoms with E-state index in [0.717, 1.165) is 16.7 Å². The summed E-state index contributed by atoms with van der Waals surface area (Å²) < 4.78 is 4.74. The SMILES string of the molecule is O=COCCCN1C(=O)CS/C1=C1/SC(=S)N(CC(=O)O)C1=O. The number of rotatable bonds is 7. The van der Waals surface area contributed by atoms with Crippen molar-refractivity contribution in [3.8, 4) is 0 Å². The number of hydrogen-bond acceptors (Lipinski definition) is 8. The van der Waals surface area contributed by atoms with Crippen molar-refractivity contribution < 1.29 is 29.0 Å². The van der Waals surface area contributed by atoms with E-state index in [1.165, 1.54) is 16.7 Å². The molecular formula is C12H12N2O6S3. The summed E-state index contributed by atoms with van der Waals surface area (Å²) in [5.41, 5.74) is 0. The summed E-state index contributed by atoms with van der Waals surface area (Å²) in [7, 11) is 0. The average molecular weight is 376 g/mol. The van der Waals surface area contributed by atoms with Crippen LogP contribution in [0.2, 0.25) is 0 Å². The number of carboxylic acid groups (broad SMARTS) is 1. The van der Waals surface area contributed by atoms with Gasteiger partial charge in [0.15, 0.2) is 0 Å². The van der Waals surface area contributed by atoms with Gasteiger partial charge in [0.05, 0.1) is 17.4 Å². The number of thioether (sulfide) groups is 2. The number of amides is 2. The summed E-state index contributed by atoms with van der Waals surface area (Å²) >= 11 is 7.25. The van der Waals surface area contributed by atoms with Crippen LogP contribution in [0.25, 0.3) is 0 Å². The lowest BCUT2D eigenvalue weighted by molar-refractivity contribution is -0.140. The number of carbonyl (C=O) groups is 4. The second kappa shape index (κ2) is 7.79. The molecule has 23 heavy (non-hydrogen) atoms. The number of hydrogen-bond donors (Lipinski definition) is 1. The molecule has 0 aromatic rings. The van der Waals surface area contributed by atoms with Crippen LogP contribution in [0.1, 0.15) is 6.42 Å². The number of nitrogens with zero attached hydrogens (tertiary/aromatic N) is 2. The van der Waals surface area contributed by atoms with Gasteiger partial charge in [-0.2, -0.15) is 0 Å². The van der Waals surface area contributed by atoms with Crippen molar-refractivity contribution >= 4 is 64.3 Å². The van der Waals surface area contributed by atoms with E-state index in [-0.39, 0.29) is 27.5 Å². The van der Waals surface area contributed by atoms with Gasteiger partial charge in [0, 0.05) is 6.54 Å². The molecule has 2 aliphatic heterocycles. The first-order valence-electron chi connectivity index (χ1n) is 6.44. The average Bonchev–Trinajstić information content (AvgIpc) is 2.98. The Kier molecular flexibility index (Phi) is 6.02. The third kappa shape index (κ3) is 4.03. The van der Waals surface area contributed by atoms with Gasteiger partial charge >= 0.3 is 5.97 Å². The maximum atomic E-state index is 12.3. The second-order valence-corrected chi connectivity index (χ2v) is 7.05. The second-order valence-electron chi connectivity index (χ2n) is 4.44. The molecule has 0 aromatic heterocycles. The predicted octanol–water partition coefficient (Wildman–Crippen LogP) is 0.239. The monoisotopic (exact) mass is 376 g/mol. The van der Waals surface area contributed by atoms with Crippen LogP contribution in [-0.4, -0.2) is 68.9 Å². The number of carboxylic acids is 1. The van der Waals surface area contributed by atoms with Crippen LogP contribution in [0.4, 0.5) is 0 Å². The minimum absolute atomic E-state index is 0.153. The molecule has 0 spiro atoms. The number of ether oxygens (including phenoxy) is 1. The molecule has 0 aromatic carbocycles. The number of aliphatic carboxylic acids is 1. The van der Waals surface area contributed by atoms with Crippen LogP contribution in [0, 0.1) is 0 Å². The zero-order valence-electron chi connectivity index (χ0n) is 11.7.